The van der Waals surface area contributed by atoms with Gasteiger partial charge >= 0.3 is 0 Å². The Balaban J connectivity index is 2.39. The fourth-order valence-corrected chi connectivity index (χ4v) is 2.54. The fourth-order valence-electron chi connectivity index (χ4n) is 2.54. The van der Waals surface area contributed by atoms with E-state index in [0.29, 0.717) is 33.9 Å². The van der Waals surface area contributed by atoms with E-state index in [2.05, 4.69) is 10.2 Å². The summed E-state index contributed by atoms with van der Waals surface area (Å²) in [5.74, 6) is 1.70. The summed E-state index contributed by atoms with van der Waals surface area (Å²) in [4.78, 5) is 12.0. The second kappa shape index (κ2) is 6.00. The molecular formula is C17H16N2O4. The normalized spacial score (nSPS) is 10.6. The van der Waals surface area contributed by atoms with Gasteiger partial charge in [0.25, 0.3) is 5.56 Å². The van der Waals surface area contributed by atoms with E-state index in [1.807, 2.05) is 18.2 Å². The predicted octanol–water partition coefficient (Wildman–Crippen LogP) is 2.62. The Kier molecular flexibility index (Phi) is 3.89. The molecule has 0 aliphatic heterocycles. The summed E-state index contributed by atoms with van der Waals surface area (Å²) in [7, 11) is 4.69. The lowest BCUT2D eigenvalue weighted by Gasteiger charge is -2.15. The molecule has 0 aliphatic rings. The van der Waals surface area contributed by atoms with Gasteiger partial charge in [0.05, 0.1) is 32.3 Å². The molecule has 0 amide bonds. The van der Waals surface area contributed by atoms with Gasteiger partial charge in [-0.15, -0.1) is 0 Å². The van der Waals surface area contributed by atoms with Crippen LogP contribution in [0, 0.1) is 0 Å². The van der Waals surface area contributed by atoms with Gasteiger partial charge in [0.15, 0.2) is 0 Å². The molecule has 1 N–H and O–H groups in total. The SMILES string of the molecule is COc1cc(OC)c(-c2n[nH]c(=O)c3ccccc23)c(OC)c1. The van der Waals surface area contributed by atoms with Crippen molar-refractivity contribution in [3.05, 3.63) is 46.8 Å². The highest BCUT2D eigenvalue weighted by Crippen LogP contribution is 2.42. The van der Waals surface area contributed by atoms with E-state index in [9.17, 15) is 4.79 Å². The van der Waals surface area contributed by atoms with Crippen molar-refractivity contribution in [3.63, 3.8) is 0 Å². The summed E-state index contributed by atoms with van der Waals surface area (Å²) >= 11 is 0. The molecule has 0 unspecified atom stereocenters. The van der Waals surface area contributed by atoms with E-state index in [4.69, 9.17) is 14.2 Å². The molecule has 6 nitrogen and oxygen atoms in total. The fraction of sp³-hybridized carbons (Fsp3) is 0.176. The highest BCUT2D eigenvalue weighted by atomic mass is 16.5. The molecule has 1 heterocycles. The third-order valence-electron chi connectivity index (χ3n) is 3.65. The Morgan fingerprint density at radius 3 is 2.09 bits per heavy atom. The van der Waals surface area contributed by atoms with Crippen LogP contribution in [0.3, 0.4) is 0 Å². The van der Waals surface area contributed by atoms with Gasteiger partial charge in [0.1, 0.15) is 22.9 Å². The molecule has 3 rings (SSSR count). The first kappa shape index (κ1) is 14.9. The first-order valence-electron chi connectivity index (χ1n) is 6.97. The van der Waals surface area contributed by atoms with E-state index in [-0.39, 0.29) is 5.56 Å². The molecule has 0 bridgehead atoms. The van der Waals surface area contributed by atoms with Crippen LogP contribution in [0.2, 0.25) is 0 Å². The Labute approximate surface area is 132 Å². The lowest BCUT2D eigenvalue weighted by atomic mass is 10.0. The van der Waals surface area contributed by atoms with Crippen molar-refractivity contribution in [3.8, 4) is 28.5 Å². The minimum Gasteiger partial charge on any atom is -0.496 e. The number of rotatable bonds is 4. The number of methoxy groups -OCH3 is 3. The predicted molar refractivity (Wildman–Crippen MR) is 87.5 cm³/mol. The maximum absolute atomic E-state index is 12.0. The van der Waals surface area contributed by atoms with Gasteiger partial charge in [-0.05, 0) is 6.07 Å². The third-order valence-corrected chi connectivity index (χ3v) is 3.65. The lowest BCUT2D eigenvalue weighted by Crippen LogP contribution is -2.10. The van der Waals surface area contributed by atoms with Crippen LogP contribution in [0.5, 0.6) is 17.2 Å². The molecule has 0 saturated heterocycles. The molecule has 0 atom stereocenters. The van der Waals surface area contributed by atoms with Gasteiger partial charge in [0.2, 0.25) is 0 Å². The molecule has 2 aromatic carbocycles. The van der Waals surface area contributed by atoms with Crippen LogP contribution < -0.4 is 19.8 Å². The summed E-state index contributed by atoms with van der Waals surface area (Å²) < 4.78 is 16.2. The Morgan fingerprint density at radius 2 is 1.52 bits per heavy atom. The summed E-state index contributed by atoms with van der Waals surface area (Å²) in [6, 6.07) is 10.8. The van der Waals surface area contributed by atoms with Crippen molar-refractivity contribution >= 4 is 10.8 Å². The quantitative estimate of drug-likeness (QED) is 0.801. The summed E-state index contributed by atoms with van der Waals surface area (Å²) in [6.07, 6.45) is 0. The van der Waals surface area contributed by atoms with Gasteiger partial charge in [-0.1, -0.05) is 18.2 Å². The van der Waals surface area contributed by atoms with Crippen LogP contribution in [-0.2, 0) is 0 Å². The van der Waals surface area contributed by atoms with Gasteiger partial charge in [0, 0.05) is 17.5 Å². The second-order valence-corrected chi connectivity index (χ2v) is 4.85. The van der Waals surface area contributed by atoms with Gasteiger partial charge in [-0.25, -0.2) is 5.10 Å². The van der Waals surface area contributed by atoms with E-state index in [1.165, 1.54) is 0 Å². The number of nitrogens with one attached hydrogen (secondary N) is 1. The van der Waals surface area contributed by atoms with E-state index in [0.717, 1.165) is 5.39 Å². The maximum Gasteiger partial charge on any atom is 0.272 e. The van der Waals surface area contributed by atoms with Crippen LogP contribution in [0.15, 0.2) is 41.2 Å². The largest absolute Gasteiger partial charge is 0.496 e. The minimum atomic E-state index is -0.240. The zero-order valence-corrected chi connectivity index (χ0v) is 13.0. The Morgan fingerprint density at radius 1 is 0.913 bits per heavy atom. The average Bonchev–Trinajstić information content (AvgIpc) is 2.61. The second-order valence-electron chi connectivity index (χ2n) is 4.85. The van der Waals surface area contributed by atoms with E-state index >= 15 is 0 Å². The molecule has 23 heavy (non-hydrogen) atoms. The molecule has 0 saturated carbocycles. The van der Waals surface area contributed by atoms with Crippen molar-refractivity contribution in [1.29, 1.82) is 0 Å². The number of H-pyrrole nitrogens is 1. The highest BCUT2D eigenvalue weighted by Gasteiger charge is 2.19. The molecule has 1 aromatic heterocycles. The molecule has 6 heteroatoms. The number of fused-ring (bicyclic) bond motifs is 1. The van der Waals surface area contributed by atoms with Gasteiger partial charge in [-0.3, -0.25) is 4.79 Å². The number of aromatic amines is 1. The zero-order chi connectivity index (χ0) is 16.4. The van der Waals surface area contributed by atoms with Crippen molar-refractivity contribution in [1.82, 2.24) is 10.2 Å². The summed E-state index contributed by atoms with van der Waals surface area (Å²) in [5.41, 5.74) is 0.996. The summed E-state index contributed by atoms with van der Waals surface area (Å²) in [6.45, 7) is 0. The van der Waals surface area contributed by atoms with E-state index < -0.39 is 0 Å². The third kappa shape index (κ3) is 2.48. The molecule has 0 spiro atoms. The number of benzene rings is 2. The first-order valence-corrected chi connectivity index (χ1v) is 6.97. The average molecular weight is 312 g/mol. The maximum atomic E-state index is 12.0. The van der Waals surface area contributed by atoms with Crippen LogP contribution in [0.4, 0.5) is 0 Å². The molecular weight excluding hydrogens is 296 g/mol. The topological polar surface area (TPSA) is 73.4 Å². The number of ether oxygens (including phenoxy) is 3. The van der Waals surface area contributed by atoms with Crippen LogP contribution in [0.1, 0.15) is 0 Å². The van der Waals surface area contributed by atoms with Gasteiger partial charge in [-0.2, -0.15) is 5.10 Å². The zero-order valence-electron chi connectivity index (χ0n) is 13.0. The smallest absolute Gasteiger partial charge is 0.272 e. The number of hydrogen-bond acceptors (Lipinski definition) is 5. The number of aromatic nitrogens is 2. The molecule has 0 radical (unpaired) electrons. The van der Waals surface area contributed by atoms with E-state index in [1.54, 1.807) is 39.5 Å². The molecule has 0 aliphatic carbocycles. The first-order chi connectivity index (χ1) is 11.2. The molecule has 3 aromatic rings. The standard InChI is InChI=1S/C17H16N2O4/c1-21-10-8-13(22-2)15(14(9-10)23-3)16-11-6-4-5-7-12(11)17(20)19-18-16/h4-9H,1-3H3,(H,19,20). The van der Waals surface area contributed by atoms with Crippen molar-refractivity contribution in [2.75, 3.05) is 21.3 Å². The van der Waals surface area contributed by atoms with Crippen molar-refractivity contribution in [2.45, 2.75) is 0 Å². The van der Waals surface area contributed by atoms with Crippen molar-refractivity contribution in [2.24, 2.45) is 0 Å². The van der Waals surface area contributed by atoms with Crippen LogP contribution in [-0.4, -0.2) is 31.5 Å². The number of hydrogen-bond donors (Lipinski definition) is 1. The monoisotopic (exact) mass is 312 g/mol. The summed E-state index contributed by atoms with van der Waals surface area (Å²) in [5, 5.41) is 8.01. The van der Waals surface area contributed by atoms with Crippen LogP contribution in [0.25, 0.3) is 22.0 Å². The van der Waals surface area contributed by atoms with Gasteiger partial charge < -0.3 is 14.2 Å². The lowest BCUT2D eigenvalue weighted by molar-refractivity contribution is 0.377. The highest BCUT2D eigenvalue weighted by molar-refractivity contribution is 5.96. The Bertz CT molecular complexity index is 893. The molecule has 0 fully saturated rings. The van der Waals surface area contributed by atoms with Crippen LogP contribution >= 0.6 is 0 Å². The number of nitrogens with zero attached hydrogens (tertiary/aromatic N) is 1. The van der Waals surface area contributed by atoms with Crippen molar-refractivity contribution < 1.29 is 14.2 Å². The Hall–Kier alpha value is -3.02. The minimum absolute atomic E-state index is 0.240. The molecule has 118 valence electrons.